The van der Waals surface area contributed by atoms with Crippen LogP contribution in [-0.2, 0) is 124 Å². The van der Waals surface area contributed by atoms with Crippen molar-refractivity contribution in [1.29, 1.82) is 0 Å². The number of nitrogens with two attached hydrogens (primary N) is 2. The van der Waals surface area contributed by atoms with Crippen LogP contribution in [0.5, 0.6) is 0 Å². The molecule has 6 unspecified atom stereocenters. The third-order valence-electron chi connectivity index (χ3n) is 13.6. The van der Waals surface area contributed by atoms with Crippen LogP contribution in [0.1, 0.15) is 132 Å². The van der Waals surface area contributed by atoms with E-state index in [1.54, 1.807) is 0 Å². The zero-order valence-corrected chi connectivity index (χ0v) is 55.8. The predicted molar refractivity (Wildman–Crippen MR) is 329 cm³/mol. The van der Waals surface area contributed by atoms with Crippen LogP contribution in [0.4, 0.5) is 0 Å². The fourth-order valence-electron chi connectivity index (χ4n) is 9.35. The zero-order chi connectivity index (χ0) is 70.7. The Balaban J connectivity index is 1.75. The lowest BCUT2D eigenvalue weighted by Crippen LogP contribution is -2.66. The van der Waals surface area contributed by atoms with Crippen molar-refractivity contribution in [3.8, 4) is 0 Å². The van der Waals surface area contributed by atoms with E-state index in [2.05, 4.69) is 37.2 Å². The zero-order valence-electron chi connectivity index (χ0n) is 55.8. The highest BCUT2D eigenvalue weighted by Crippen LogP contribution is 2.30. The summed E-state index contributed by atoms with van der Waals surface area (Å²) >= 11 is 0. The van der Waals surface area contributed by atoms with Crippen molar-refractivity contribution in [3.63, 3.8) is 0 Å². The lowest BCUT2D eigenvalue weighted by Gasteiger charge is -2.44. The van der Waals surface area contributed by atoms with Gasteiger partial charge in [0.1, 0.15) is 37.5 Å². The molecular formula is C60H101N9O26. The van der Waals surface area contributed by atoms with Gasteiger partial charge in [-0.2, -0.15) is 0 Å². The Morgan fingerprint density at radius 1 is 0.379 bits per heavy atom. The van der Waals surface area contributed by atoms with E-state index in [-0.39, 0.29) is 154 Å². The van der Waals surface area contributed by atoms with Crippen molar-refractivity contribution >= 4 is 77.2 Å². The van der Waals surface area contributed by atoms with Crippen LogP contribution in [0.3, 0.4) is 0 Å². The first kappa shape index (κ1) is 83.8. The summed E-state index contributed by atoms with van der Waals surface area (Å²) in [7, 11) is 0. The van der Waals surface area contributed by atoms with Gasteiger partial charge in [-0.1, -0.05) is 0 Å². The molecule has 2 fully saturated rings. The van der Waals surface area contributed by atoms with Crippen molar-refractivity contribution in [2.24, 2.45) is 11.5 Å². The fourth-order valence-corrected chi connectivity index (χ4v) is 9.35. The monoisotopic (exact) mass is 1360 g/mol. The third-order valence-corrected chi connectivity index (χ3v) is 13.6. The number of esters is 6. The van der Waals surface area contributed by atoms with Gasteiger partial charge in [-0.05, 0) is 51.5 Å². The average Bonchev–Trinajstić information content (AvgIpc) is 0.808. The molecule has 2 rings (SSSR count). The molecule has 0 saturated carbocycles. The maximum atomic E-state index is 12.7. The molecule has 10 atom stereocenters. The SMILES string of the molecule is CC(=O)NC1C(OC(C)=O)[C@@H](OC(C)=O)C(COC(C)=O)O[C@H]1OCCCCC(=O)NCCCNC(=O)CCOCC(N)(COCCC(=O)NCCCN)COCCC(=O)NCCCNC(=O)CCCCO[C@@H]1OC(COC(C)=O)[C@H](OC(C)=O)C(OC(C)=O)C1NC(C)=O. The van der Waals surface area contributed by atoms with Gasteiger partial charge < -0.3 is 110 Å². The van der Waals surface area contributed by atoms with Crippen molar-refractivity contribution in [1.82, 2.24) is 37.2 Å². The number of carbonyl (C=O) groups is 13. The first-order valence-electron chi connectivity index (χ1n) is 31.7. The highest BCUT2D eigenvalue weighted by atomic mass is 16.7. The standard InChI is InChI=1S/C60H101N9O26/c1-37(70)68-52-56(92-43(7)76)54(90-41(5)74)45(32-88-39(3)72)94-58(52)86-27-11-9-16-47(78)64-23-14-25-66-50(81)19-30-84-35-60(62,34-83-29-18-49(80)63-22-13-21-61)36-85-31-20-51(82)67-26-15-24-65-48(79)17-10-12-28-87-59-53(69-38(2)71)57(93-44(8)77)55(91-42(6)75)46(95-59)33-89-40(4)73/h45-46,52-59H,9-36,61-62H2,1-8H3,(H,63,80)(H,64,78)(H,65,79)(H,66,81)(H,67,82)(H,68,70)(H,69,71)/t45?,46?,52?,53?,54-,55-,56?,57?,58+,59+,60?/m0/s1. The molecule has 0 aromatic carbocycles. The van der Waals surface area contributed by atoms with Crippen LogP contribution in [0, 0.1) is 0 Å². The van der Waals surface area contributed by atoms with Gasteiger partial charge in [0.15, 0.2) is 37.0 Å². The summed E-state index contributed by atoms with van der Waals surface area (Å²) in [4.78, 5) is 159. The number of hydrogen-bond donors (Lipinski definition) is 9. The molecule has 0 aromatic rings. The highest BCUT2D eigenvalue weighted by Gasteiger charge is 2.53. The molecule has 35 heteroatoms. The molecule has 542 valence electrons. The van der Waals surface area contributed by atoms with Gasteiger partial charge in [0.25, 0.3) is 0 Å². The van der Waals surface area contributed by atoms with Crippen molar-refractivity contribution in [2.45, 2.75) is 199 Å². The summed E-state index contributed by atoms with van der Waals surface area (Å²) in [5.74, 6) is -6.69. The quantitative estimate of drug-likeness (QED) is 0.0170. The molecule has 2 aliphatic heterocycles. The molecule has 95 heavy (non-hydrogen) atoms. The Kier molecular flexibility index (Phi) is 42.0. The Hall–Kier alpha value is -7.25. The minimum atomic E-state index is -1.27. The van der Waals surface area contributed by atoms with Gasteiger partial charge in [0, 0.05) is 133 Å². The van der Waals surface area contributed by atoms with Crippen LogP contribution < -0.4 is 48.7 Å². The van der Waals surface area contributed by atoms with Crippen LogP contribution in [-0.4, -0.2) is 249 Å². The summed E-state index contributed by atoms with van der Waals surface area (Å²) in [5.41, 5.74) is 10.9. The fraction of sp³-hybridized carbons (Fsp3) is 0.783. The number of nitrogens with one attached hydrogen (secondary N) is 7. The minimum absolute atomic E-state index is 0.0187. The van der Waals surface area contributed by atoms with Gasteiger partial charge in [-0.25, -0.2) is 0 Å². The molecule has 2 heterocycles. The Morgan fingerprint density at radius 2 is 0.684 bits per heavy atom. The molecule has 2 saturated heterocycles. The second-order valence-corrected chi connectivity index (χ2v) is 22.5. The second kappa shape index (κ2) is 47.6. The van der Waals surface area contributed by atoms with E-state index < -0.39 is 114 Å². The number of amides is 7. The topological polar surface area (TPSA) is 478 Å². The van der Waals surface area contributed by atoms with Gasteiger partial charge in [-0.15, -0.1) is 0 Å². The lowest BCUT2D eigenvalue weighted by molar-refractivity contribution is -0.277. The molecule has 0 radical (unpaired) electrons. The minimum Gasteiger partial charge on any atom is -0.463 e. The van der Waals surface area contributed by atoms with E-state index in [1.165, 1.54) is 27.7 Å². The summed E-state index contributed by atoms with van der Waals surface area (Å²) in [6.45, 7) is 10.2. The van der Waals surface area contributed by atoms with E-state index in [0.29, 0.717) is 58.0 Å². The first-order chi connectivity index (χ1) is 45.1. The Morgan fingerprint density at radius 3 is 0.979 bits per heavy atom. The molecule has 2 aliphatic rings. The van der Waals surface area contributed by atoms with Crippen LogP contribution in [0.2, 0.25) is 0 Å². The van der Waals surface area contributed by atoms with Crippen LogP contribution >= 0.6 is 0 Å². The lowest BCUT2D eigenvalue weighted by atomic mass is 9.96. The van der Waals surface area contributed by atoms with Crippen molar-refractivity contribution in [2.75, 3.05) is 105 Å². The maximum absolute atomic E-state index is 12.7. The average molecular weight is 1360 g/mol. The molecule has 7 amide bonds. The summed E-state index contributed by atoms with van der Waals surface area (Å²) < 4.78 is 73.0. The van der Waals surface area contributed by atoms with Crippen molar-refractivity contribution in [3.05, 3.63) is 0 Å². The number of ether oxygens (including phenoxy) is 13. The Labute approximate surface area is 552 Å². The van der Waals surface area contributed by atoms with Gasteiger partial charge in [0.2, 0.25) is 41.4 Å². The molecule has 0 bridgehead atoms. The van der Waals surface area contributed by atoms with E-state index in [0.717, 1.165) is 27.7 Å². The number of rotatable bonds is 48. The predicted octanol–water partition coefficient (Wildman–Crippen LogP) is -2.70. The molecule has 11 N–H and O–H groups in total. The first-order valence-corrected chi connectivity index (χ1v) is 31.7. The largest absolute Gasteiger partial charge is 0.463 e. The van der Waals surface area contributed by atoms with E-state index in [9.17, 15) is 62.3 Å². The highest BCUT2D eigenvalue weighted by molar-refractivity contribution is 5.78. The van der Waals surface area contributed by atoms with Crippen LogP contribution in [0.15, 0.2) is 0 Å². The molecular weight excluding hydrogens is 1260 g/mol. The number of hydrogen-bond acceptors (Lipinski definition) is 28. The number of carbonyl (C=O) groups excluding carboxylic acids is 13. The third kappa shape index (κ3) is 38.2. The van der Waals surface area contributed by atoms with E-state index in [1.807, 2.05) is 0 Å². The van der Waals surface area contributed by atoms with E-state index >= 15 is 0 Å². The summed E-state index contributed by atoms with van der Waals surface area (Å²) in [6, 6.07) is -2.25. The molecule has 35 nitrogen and oxygen atoms in total. The summed E-state index contributed by atoms with van der Waals surface area (Å²) in [6.07, 6.45) is -6.56. The molecule has 0 aromatic heterocycles. The smallest absolute Gasteiger partial charge is 0.303 e. The summed E-state index contributed by atoms with van der Waals surface area (Å²) in [5, 5.41) is 19.1. The normalized spacial score (nSPS) is 21.2. The number of unbranched alkanes of at least 4 members (excludes halogenated alkanes) is 2. The van der Waals surface area contributed by atoms with Gasteiger partial charge in [-0.3, -0.25) is 62.3 Å². The second-order valence-electron chi connectivity index (χ2n) is 22.5. The maximum Gasteiger partial charge on any atom is 0.303 e. The van der Waals surface area contributed by atoms with Crippen LogP contribution in [0.25, 0.3) is 0 Å². The van der Waals surface area contributed by atoms with Gasteiger partial charge in [0.05, 0.1) is 45.2 Å². The van der Waals surface area contributed by atoms with Gasteiger partial charge >= 0.3 is 35.8 Å². The molecule has 0 spiro atoms. The van der Waals surface area contributed by atoms with E-state index in [4.69, 9.17) is 73.0 Å². The van der Waals surface area contributed by atoms with Crippen molar-refractivity contribution < 1.29 is 124 Å². The molecule has 0 aliphatic carbocycles. The Bertz CT molecular complexity index is 2300.